The topological polar surface area (TPSA) is 96.8 Å². The van der Waals surface area contributed by atoms with Crippen molar-refractivity contribution >= 4 is 15.2 Å². The minimum Gasteiger partial charge on any atom is -0.309 e. The normalized spacial score (nSPS) is 12.2. The molecule has 0 aliphatic heterocycles. The molecule has 0 saturated heterocycles. The van der Waals surface area contributed by atoms with Gasteiger partial charge in [0.15, 0.2) is 0 Å². The summed E-state index contributed by atoms with van der Waals surface area (Å²) in [6.07, 6.45) is 0.441. The molecule has 0 atom stereocenters. The lowest BCUT2D eigenvalue weighted by Gasteiger charge is -2.17. The highest BCUT2D eigenvalue weighted by Crippen LogP contribution is 2.52. The van der Waals surface area contributed by atoms with E-state index >= 15 is 0 Å². The van der Waals surface area contributed by atoms with Gasteiger partial charge >= 0.3 is 15.2 Å². The molecule has 206 valence electrons. The van der Waals surface area contributed by atoms with E-state index in [0.717, 1.165) is 45.0 Å². The van der Waals surface area contributed by atoms with Gasteiger partial charge in [0, 0.05) is 11.1 Å². The van der Waals surface area contributed by atoms with Crippen molar-refractivity contribution < 1.29 is 27.2 Å². The second-order valence-corrected chi connectivity index (χ2v) is 12.8. The molecule has 8 nitrogen and oxygen atoms in total. The Balaban J connectivity index is 1.80. The van der Waals surface area contributed by atoms with Crippen molar-refractivity contribution in [3.05, 3.63) is 71.0 Å². The molecule has 0 unspecified atom stereocenters. The molecule has 1 aromatic heterocycles. The fraction of sp³-hybridized carbons (Fsp3) is 0.429. The lowest BCUT2D eigenvalue weighted by atomic mass is 10.0. The maximum absolute atomic E-state index is 12.9. The average Bonchev–Trinajstić information content (AvgIpc) is 2.87. The van der Waals surface area contributed by atoms with Crippen LogP contribution in [0.3, 0.4) is 0 Å². The SMILES string of the molecule is CCOP(=O)(Cc1ccc(-c2nc(C)c(-c3ccc(CP(=O)(OCC)OCC)cc3)nc2C)cc1)OCC. The second-order valence-electron chi connectivity index (χ2n) is 8.69. The van der Waals surface area contributed by atoms with Gasteiger partial charge in [-0.2, -0.15) is 0 Å². The molecular formula is C28H38N2O6P2. The van der Waals surface area contributed by atoms with Gasteiger partial charge in [-0.3, -0.25) is 9.13 Å². The molecule has 3 aromatic rings. The zero-order chi connectivity index (χ0) is 27.8. The predicted molar refractivity (Wildman–Crippen MR) is 152 cm³/mol. The van der Waals surface area contributed by atoms with Crippen LogP contribution >= 0.6 is 15.2 Å². The van der Waals surface area contributed by atoms with Crippen molar-refractivity contribution in [1.29, 1.82) is 0 Å². The first-order valence-electron chi connectivity index (χ1n) is 13.0. The van der Waals surface area contributed by atoms with E-state index in [2.05, 4.69) is 0 Å². The third-order valence-corrected chi connectivity index (χ3v) is 9.87. The third-order valence-electron chi connectivity index (χ3n) is 5.75. The maximum Gasteiger partial charge on any atom is 0.335 e. The minimum absolute atomic E-state index is 0.220. The number of aryl methyl sites for hydroxylation is 2. The zero-order valence-electron chi connectivity index (χ0n) is 23.1. The smallest absolute Gasteiger partial charge is 0.309 e. The van der Waals surface area contributed by atoms with Gasteiger partial charge in [-0.1, -0.05) is 48.5 Å². The first-order chi connectivity index (χ1) is 18.2. The quantitative estimate of drug-likeness (QED) is 0.183. The number of benzene rings is 2. The molecule has 0 aliphatic carbocycles. The van der Waals surface area contributed by atoms with E-state index in [1.807, 2.05) is 62.4 Å². The molecule has 0 radical (unpaired) electrons. The van der Waals surface area contributed by atoms with Gasteiger partial charge in [0.1, 0.15) is 0 Å². The fourth-order valence-electron chi connectivity index (χ4n) is 4.18. The molecule has 3 rings (SSSR count). The van der Waals surface area contributed by atoms with E-state index in [1.54, 1.807) is 27.7 Å². The fourth-order valence-corrected chi connectivity index (χ4v) is 7.58. The molecule has 10 heteroatoms. The standard InChI is InChI=1S/C28H38N2O6P2/c1-7-33-37(31,34-8-2)19-23-11-15-25(16-12-23)27-21(5)30-28(22(6)29-27)26-17-13-24(14-18-26)20-38(32,35-9-3)36-10-4/h11-18H,7-10,19-20H2,1-6H3. The Bertz CT molecular complexity index is 1170. The Labute approximate surface area is 226 Å². The van der Waals surface area contributed by atoms with Crippen LogP contribution in [0.4, 0.5) is 0 Å². The largest absolute Gasteiger partial charge is 0.335 e. The minimum atomic E-state index is -3.17. The van der Waals surface area contributed by atoms with Gasteiger partial charge in [-0.15, -0.1) is 0 Å². The molecule has 0 saturated carbocycles. The van der Waals surface area contributed by atoms with E-state index < -0.39 is 15.2 Å². The lowest BCUT2D eigenvalue weighted by Crippen LogP contribution is -2.01. The first kappa shape index (κ1) is 30.4. The van der Waals surface area contributed by atoms with E-state index in [4.69, 9.17) is 28.1 Å². The third kappa shape index (κ3) is 7.92. The Morgan fingerprint density at radius 1 is 0.553 bits per heavy atom. The summed E-state index contributed by atoms with van der Waals surface area (Å²) < 4.78 is 47.4. The predicted octanol–water partition coefficient (Wildman–Crippen LogP) is 7.96. The molecule has 0 spiro atoms. The summed E-state index contributed by atoms with van der Waals surface area (Å²) in [5.74, 6) is 0. The number of aromatic nitrogens is 2. The van der Waals surface area contributed by atoms with E-state index in [1.165, 1.54) is 0 Å². The second kappa shape index (κ2) is 13.7. The van der Waals surface area contributed by atoms with Crippen LogP contribution in [0.15, 0.2) is 48.5 Å². The van der Waals surface area contributed by atoms with Crippen molar-refractivity contribution in [2.45, 2.75) is 53.9 Å². The van der Waals surface area contributed by atoms with Gasteiger partial charge < -0.3 is 18.1 Å². The molecule has 1 heterocycles. The highest BCUT2D eigenvalue weighted by Gasteiger charge is 2.25. The Morgan fingerprint density at radius 2 is 0.842 bits per heavy atom. The molecule has 0 aliphatic rings. The van der Waals surface area contributed by atoms with Gasteiger partial charge in [0.05, 0.1) is 61.5 Å². The molecule has 0 fully saturated rings. The van der Waals surface area contributed by atoms with Crippen molar-refractivity contribution in [2.24, 2.45) is 0 Å². The summed E-state index contributed by atoms with van der Waals surface area (Å²) in [4.78, 5) is 9.72. The summed E-state index contributed by atoms with van der Waals surface area (Å²) in [5, 5.41) is 0. The number of hydrogen-bond acceptors (Lipinski definition) is 8. The highest BCUT2D eigenvalue weighted by molar-refractivity contribution is 7.53. The van der Waals surface area contributed by atoms with Crippen LogP contribution in [-0.4, -0.2) is 36.4 Å². The van der Waals surface area contributed by atoms with Crippen molar-refractivity contribution in [3.63, 3.8) is 0 Å². The summed E-state index contributed by atoms with van der Waals surface area (Å²) in [6.45, 7) is 12.4. The van der Waals surface area contributed by atoms with Crippen LogP contribution in [0.2, 0.25) is 0 Å². The van der Waals surface area contributed by atoms with E-state index in [0.29, 0.717) is 26.4 Å². The monoisotopic (exact) mass is 560 g/mol. The van der Waals surface area contributed by atoms with Crippen LogP contribution in [0.1, 0.15) is 50.2 Å². The van der Waals surface area contributed by atoms with Crippen LogP contribution in [0.25, 0.3) is 22.5 Å². The summed E-state index contributed by atoms with van der Waals surface area (Å²) in [5.41, 5.74) is 6.78. The summed E-state index contributed by atoms with van der Waals surface area (Å²) in [7, 11) is -6.33. The maximum atomic E-state index is 12.9. The van der Waals surface area contributed by atoms with Crippen molar-refractivity contribution in [2.75, 3.05) is 26.4 Å². The lowest BCUT2D eigenvalue weighted by molar-refractivity contribution is 0.218. The molecule has 0 amide bonds. The van der Waals surface area contributed by atoms with Crippen molar-refractivity contribution in [1.82, 2.24) is 9.97 Å². The molecule has 0 bridgehead atoms. The van der Waals surface area contributed by atoms with Gasteiger partial charge in [0.25, 0.3) is 0 Å². The highest BCUT2D eigenvalue weighted by atomic mass is 31.2. The van der Waals surface area contributed by atoms with Crippen LogP contribution in [0.5, 0.6) is 0 Å². The van der Waals surface area contributed by atoms with Crippen LogP contribution < -0.4 is 0 Å². The van der Waals surface area contributed by atoms with E-state index in [-0.39, 0.29) is 12.3 Å². The zero-order valence-corrected chi connectivity index (χ0v) is 24.9. The summed E-state index contributed by atoms with van der Waals surface area (Å²) >= 11 is 0. The molecule has 38 heavy (non-hydrogen) atoms. The molecular weight excluding hydrogens is 522 g/mol. The number of nitrogens with zero attached hydrogens (tertiary/aromatic N) is 2. The number of hydrogen-bond donors (Lipinski definition) is 0. The Kier molecular flexibility index (Phi) is 11.0. The Morgan fingerprint density at radius 3 is 1.11 bits per heavy atom. The van der Waals surface area contributed by atoms with Crippen LogP contribution in [0, 0.1) is 13.8 Å². The first-order valence-corrected chi connectivity index (χ1v) is 16.4. The van der Waals surface area contributed by atoms with Gasteiger partial charge in [-0.05, 0) is 52.7 Å². The molecule has 0 N–H and O–H groups in total. The van der Waals surface area contributed by atoms with Gasteiger partial charge in [-0.25, -0.2) is 9.97 Å². The Hall–Kier alpha value is -2.18. The van der Waals surface area contributed by atoms with E-state index in [9.17, 15) is 9.13 Å². The van der Waals surface area contributed by atoms with Crippen LogP contribution in [-0.2, 0) is 39.5 Å². The van der Waals surface area contributed by atoms with Crippen molar-refractivity contribution in [3.8, 4) is 22.5 Å². The summed E-state index contributed by atoms with van der Waals surface area (Å²) in [6, 6.07) is 15.5. The number of rotatable bonds is 14. The molecule has 2 aromatic carbocycles. The van der Waals surface area contributed by atoms with Gasteiger partial charge in [0.2, 0.25) is 0 Å². The average molecular weight is 561 g/mol.